The highest BCUT2D eigenvalue weighted by Crippen LogP contribution is 2.29. The quantitative estimate of drug-likeness (QED) is 0.398. The van der Waals surface area contributed by atoms with Crippen molar-refractivity contribution in [2.75, 3.05) is 43.4 Å². The summed E-state index contributed by atoms with van der Waals surface area (Å²) in [6.45, 7) is 12.7. The molecule has 3 heterocycles. The summed E-state index contributed by atoms with van der Waals surface area (Å²) < 4.78 is 0.286. The molecular formula is C19H32IN5S. The molecule has 26 heavy (non-hydrogen) atoms. The number of thioether (sulfide) groups is 1. The second kappa shape index (κ2) is 10.0. The lowest BCUT2D eigenvalue weighted by atomic mass is 10.2. The SMILES string of the molecule is CCNC(=NCc1ccnc(N2CCCC2)c1)N1CCSC(C)(C)C1.I. The van der Waals surface area contributed by atoms with E-state index in [0.717, 1.165) is 50.3 Å². The minimum atomic E-state index is 0. The number of aromatic nitrogens is 1. The summed E-state index contributed by atoms with van der Waals surface area (Å²) in [5.74, 6) is 3.30. The molecule has 0 atom stereocenters. The lowest BCUT2D eigenvalue weighted by Gasteiger charge is -2.39. The Morgan fingerprint density at radius 1 is 1.31 bits per heavy atom. The number of hydrogen-bond acceptors (Lipinski definition) is 4. The van der Waals surface area contributed by atoms with Gasteiger partial charge in [0.25, 0.3) is 0 Å². The Morgan fingerprint density at radius 2 is 2.08 bits per heavy atom. The molecule has 0 unspecified atom stereocenters. The molecule has 2 saturated heterocycles. The van der Waals surface area contributed by atoms with E-state index in [0.29, 0.717) is 6.54 Å². The summed E-state index contributed by atoms with van der Waals surface area (Å²) in [6, 6.07) is 4.29. The van der Waals surface area contributed by atoms with Crippen molar-refractivity contribution in [1.29, 1.82) is 0 Å². The number of pyridine rings is 1. The van der Waals surface area contributed by atoms with E-state index in [9.17, 15) is 0 Å². The van der Waals surface area contributed by atoms with Crippen molar-refractivity contribution in [1.82, 2.24) is 15.2 Å². The fourth-order valence-electron chi connectivity index (χ4n) is 3.47. The maximum absolute atomic E-state index is 4.92. The van der Waals surface area contributed by atoms with Crippen LogP contribution < -0.4 is 10.2 Å². The Bertz CT molecular complexity index is 601. The molecule has 0 aliphatic carbocycles. The Balaban J connectivity index is 0.00000243. The van der Waals surface area contributed by atoms with Gasteiger partial charge in [-0.3, -0.25) is 0 Å². The van der Waals surface area contributed by atoms with Crippen LogP contribution in [0.25, 0.3) is 0 Å². The van der Waals surface area contributed by atoms with Crippen LogP contribution in [0.5, 0.6) is 0 Å². The van der Waals surface area contributed by atoms with Crippen LogP contribution in [-0.2, 0) is 6.54 Å². The van der Waals surface area contributed by atoms with Crippen molar-refractivity contribution in [2.24, 2.45) is 4.99 Å². The smallest absolute Gasteiger partial charge is 0.194 e. The number of nitrogens with one attached hydrogen (secondary N) is 1. The molecule has 146 valence electrons. The zero-order valence-corrected chi connectivity index (χ0v) is 19.3. The van der Waals surface area contributed by atoms with Crippen molar-refractivity contribution >= 4 is 47.5 Å². The first-order valence-electron chi connectivity index (χ1n) is 9.44. The largest absolute Gasteiger partial charge is 0.357 e. The zero-order valence-electron chi connectivity index (χ0n) is 16.2. The highest BCUT2D eigenvalue weighted by molar-refractivity contribution is 14.0. The van der Waals surface area contributed by atoms with Gasteiger partial charge >= 0.3 is 0 Å². The first-order valence-corrected chi connectivity index (χ1v) is 10.4. The van der Waals surface area contributed by atoms with E-state index in [2.05, 4.69) is 64.8 Å². The van der Waals surface area contributed by atoms with E-state index in [4.69, 9.17) is 4.99 Å². The average molecular weight is 489 g/mol. The van der Waals surface area contributed by atoms with Crippen LogP contribution in [0.15, 0.2) is 23.3 Å². The molecule has 0 radical (unpaired) electrons. The molecule has 1 aromatic rings. The third-order valence-electron chi connectivity index (χ3n) is 4.71. The Labute approximate surface area is 179 Å². The van der Waals surface area contributed by atoms with Crippen LogP contribution in [0.1, 0.15) is 39.2 Å². The summed E-state index contributed by atoms with van der Waals surface area (Å²) in [7, 11) is 0. The highest BCUT2D eigenvalue weighted by atomic mass is 127. The van der Waals surface area contributed by atoms with Gasteiger partial charge in [-0.2, -0.15) is 11.8 Å². The molecule has 0 amide bonds. The lowest BCUT2D eigenvalue weighted by molar-refractivity contribution is 0.376. The van der Waals surface area contributed by atoms with E-state index >= 15 is 0 Å². The van der Waals surface area contributed by atoms with Crippen LogP contribution in [0.4, 0.5) is 5.82 Å². The fourth-order valence-corrected chi connectivity index (χ4v) is 4.58. The molecule has 0 bridgehead atoms. The van der Waals surface area contributed by atoms with Gasteiger partial charge in [-0.1, -0.05) is 0 Å². The number of nitrogens with zero attached hydrogens (tertiary/aromatic N) is 4. The fraction of sp³-hybridized carbons (Fsp3) is 0.684. The van der Waals surface area contributed by atoms with Gasteiger partial charge in [0.1, 0.15) is 5.82 Å². The molecular weight excluding hydrogens is 457 g/mol. The maximum Gasteiger partial charge on any atom is 0.194 e. The highest BCUT2D eigenvalue weighted by Gasteiger charge is 2.28. The van der Waals surface area contributed by atoms with Crippen molar-refractivity contribution < 1.29 is 0 Å². The van der Waals surface area contributed by atoms with Crippen molar-refractivity contribution in [3.63, 3.8) is 0 Å². The number of rotatable bonds is 4. The van der Waals surface area contributed by atoms with Crippen LogP contribution in [-0.4, -0.2) is 59.1 Å². The van der Waals surface area contributed by atoms with Crippen molar-refractivity contribution in [3.8, 4) is 0 Å². The summed E-state index contributed by atoms with van der Waals surface area (Å²) in [6.07, 6.45) is 4.47. The predicted octanol–water partition coefficient (Wildman–Crippen LogP) is 3.59. The molecule has 2 fully saturated rings. The van der Waals surface area contributed by atoms with Gasteiger partial charge in [-0.15, -0.1) is 24.0 Å². The molecule has 0 aromatic carbocycles. The summed E-state index contributed by atoms with van der Waals surface area (Å²) in [5, 5.41) is 3.47. The standard InChI is InChI=1S/C19H31N5S.HI/c1-4-20-18(24-11-12-25-19(2,3)15-24)22-14-16-7-8-21-17(13-16)23-9-5-6-10-23;/h7-8,13H,4-6,9-12,14-15H2,1-3H3,(H,20,22);1H. The van der Waals surface area contributed by atoms with Crippen LogP contribution >= 0.6 is 35.7 Å². The second-order valence-corrected chi connectivity index (χ2v) is 9.22. The number of guanidine groups is 1. The minimum absolute atomic E-state index is 0. The zero-order chi connectivity index (χ0) is 17.7. The summed E-state index contributed by atoms with van der Waals surface area (Å²) in [4.78, 5) is 14.2. The first kappa shape index (κ1) is 21.6. The van der Waals surface area contributed by atoms with Crippen LogP contribution in [0.3, 0.4) is 0 Å². The lowest BCUT2D eigenvalue weighted by Crippen LogP contribution is -2.50. The molecule has 3 rings (SSSR count). The third-order valence-corrected chi connectivity index (χ3v) is 6.01. The normalized spacial score (nSPS) is 20.0. The van der Waals surface area contributed by atoms with E-state index in [1.54, 1.807) is 0 Å². The van der Waals surface area contributed by atoms with Gasteiger partial charge in [-0.25, -0.2) is 9.98 Å². The predicted molar refractivity (Wildman–Crippen MR) is 124 cm³/mol. The molecule has 1 N–H and O–H groups in total. The second-order valence-electron chi connectivity index (χ2n) is 7.42. The topological polar surface area (TPSA) is 43.8 Å². The van der Waals surface area contributed by atoms with E-state index in [1.165, 1.54) is 18.4 Å². The molecule has 2 aliphatic rings. The molecule has 0 spiro atoms. The van der Waals surface area contributed by atoms with Crippen LogP contribution in [0, 0.1) is 0 Å². The molecule has 2 aliphatic heterocycles. The van der Waals surface area contributed by atoms with E-state index in [1.807, 2.05) is 6.20 Å². The Morgan fingerprint density at radius 3 is 2.77 bits per heavy atom. The number of hydrogen-bond donors (Lipinski definition) is 1. The van der Waals surface area contributed by atoms with Gasteiger partial charge in [0.2, 0.25) is 0 Å². The van der Waals surface area contributed by atoms with Crippen molar-refractivity contribution in [2.45, 2.75) is 44.9 Å². The third kappa shape index (κ3) is 5.90. The van der Waals surface area contributed by atoms with Gasteiger partial charge in [0.05, 0.1) is 6.54 Å². The minimum Gasteiger partial charge on any atom is -0.357 e. The molecule has 0 saturated carbocycles. The summed E-state index contributed by atoms with van der Waals surface area (Å²) >= 11 is 2.05. The van der Waals surface area contributed by atoms with Gasteiger partial charge < -0.3 is 15.1 Å². The Hall–Kier alpha value is -0.700. The first-order chi connectivity index (χ1) is 12.1. The van der Waals surface area contributed by atoms with Crippen molar-refractivity contribution in [3.05, 3.63) is 23.9 Å². The molecule has 1 aromatic heterocycles. The number of aliphatic imine (C=N–C) groups is 1. The monoisotopic (exact) mass is 489 g/mol. The van der Waals surface area contributed by atoms with E-state index in [-0.39, 0.29) is 28.7 Å². The van der Waals surface area contributed by atoms with Crippen LogP contribution in [0.2, 0.25) is 0 Å². The van der Waals surface area contributed by atoms with Gasteiger partial charge in [-0.05, 0) is 51.3 Å². The maximum atomic E-state index is 4.92. The summed E-state index contributed by atoms with van der Waals surface area (Å²) in [5.41, 5.74) is 1.23. The average Bonchev–Trinajstić information content (AvgIpc) is 3.12. The molecule has 5 nitrogen and oxygen atoms in total. The van der Waals surface area contributed by atoms with Gasteiger partial charge in [0.15, 0.2) is 5.96 Å². The number of anilines is 1. The number of halogens is 1. The Kier molecular flexibility index (Phi) is 8.32. The molecule has 7 heteroatoms. The van der Waals surface area contributed by atoms with Gasteiger partial charge in [0, 0.05) is 49.4 Å². The van der Waals surface area contributed by atoms with E-state index < -0.39 is 0 Å².